The molecule has 1 aliphatic rings. The number of aliphatic hydroxyl groups excluding tert-OH is 1. The van der Waals surface area contributed by atoms with Gasteiger partial charge in [0.1, 0.15) is 0 Å². The lowest BCUT2D eigenvalue weighted by molar-refractivity contribution is 0.0373. The van der Waals surface area contributed by atoms with Gasteiger partial charge in [0.2, 0.25) is 5.91 Å². The zero-order valence-corrected chi connectivity index (χ0v) is 23.6. The van der Waals surface area contributed by atoms with Crippen molar-refractivity contribution in [2.75, 3.05) is 59.0 Å². The summed E-state index contributed by atoms with van der Waals surface area (Å²) in [5.74, 6) is -1.21. The monoisotopic (exact) mass is 538 g/mol. The summed E-state index contributed by atoms with van der Waals surface area (Å²) in [6.45, 7) is 10.9. The average molecular weight is 539 g/mol. The Bertz CT molecular complexity index is 1020. The molecule has 2 aromatic carbocycles. The molecule has 0 aliphatic carbocycles. The van der Waals surface area contributed by atoms with Crippen molar-refractivity contribution in [2.24, 2.45) is 5.73 Å². The number of carbonyl (C=O) groups is 2. The van der Waals surface area contributed by atoms with Gasteiger partial charge in [-0.2, -0.15) is 0 Å². The highest BCUT2D eigenvalue weighted by Gasteiger charge is 2.31. The number of nitrogens with two attached hydrogens (primary N) is 1. The quantitative estimate of drug-likeness (QED) is 0.284. The van der Waals surface area contributed by atoms with E-state index in [1.165, 1.54) is 0 Å². The molecule has 214 valence electrons. The van der Waals surface area contributed by atoms with E-state index in [0.29, 0.717) is 42.7 Å². The normalized spacial score (nSPS) is 15.6. The van der Waals surface area contributed by atoms with Crippen LogP contribution in [0.15, 0.2) is 48.5 Å². The van der Waals surface area contributed by atoms with Gasteiger partial charge in [-0.05, 0) is 62.0 Å². The summed E-state index contributed by atoms with van der Waals surface area (Å²) in [4.78, 5) is 30.7. The molecule has 0 saturated carbocycles. The number of hydrogen-bond acceptors (Lipinski definition) is 6. The minimum atomic E-state index is -0.827. The third kappa shape index (κ3) is 9.14. The molecule has 2 aromatic rings. The number of amides is 2. The molecule has 8 nitrogen and oxygen atoms in total. The van der Waals surface area contributed by atoms with Crippen LogP contribution in [0.2, 0.25) is 0 Å². The molecule has 1 heterocycles. The maximum atomic E-state index is 13.8. The second kappa shape index (κ2) is 16.4. The van der Waals surface area contributed by atoms with Crippen molar-refractivity contribution in [3.05, 3.63) is 70.8 Å². The standard InChI is InChI=1S/C31H46N4O4/c1-3-15-35(16-4-2)31(38)26-13-8-12-25(30(32)37)29(26)27(22-24-10-6-5-7-11-24)28(36)23-33-14-9-17-34-18-20-39-21-19-34/h5-8,10-13,27-28,33,36H,3-4,9,14-23H2,1-2H3,(H2,32,37)/t27-,28+/m1/s1. The Kier molecular flexibility index (Phi) is 12.9. The zero-order chi connectivity index (χ0) is 28.0. The van der Waals surface area contributed by atoms with E-state index in [2.05, 4.69) is 10.2 Å². The highest BCUT2D eigenvalue weighted by atomic mass is 16.5. The van der Waals surface area contributed by atoms with Crippen LogP contribution in [0.25, 0.3) is 0 Å². The van der Waals surface area contributed by atoms with Crippen LogP contribution in [-0.4, -0.2) is 91.9 Å². The maximum Gasteiger partial charge on any atom is 0.254 e. The number of carbonyl (C=O) groups excluding carboxylic acids is 2. The zero-order valence-electron chi connectivity index (χ0n) is 23.6. The van der Waals surface area contributed by atoms with E-state index in [-0.39, 0.29) is 5.91 Å². The Morgan fingerprint density at radius 3 is 2.33 bits per heavy atom. The van der Waals surface area contributed by atoms with E-state index < -0.39 is 17.9 Å². The lowest BCUT2D eigenvalue weighted by Gasteiger charge is -2.30. The molecule has 3 rings (SSSR count). The highest BCUT2D eigenvalue weighted by Crippen LogP contribution is 2.32. The number of nitrogens with zero attached hydrogens (tertiary/aromatic N) is 2. The first-order valence-electron chi connectivity index (χ1n) is 14.4. The SMILES string of the molecule is CCCN(CCC)C(=O)c1cccc(C(N)=O)c1[C@H](Cc1ccccc1)[C@@H](O)CNCCCN1CCOCC1. The minimum absolute atomic E-state index is 0.125. The van der Waals surface area contributed by atoms with E-state index in [4.69, 9.17) is 10.5 Å². The molecule has 1 saturated heterocycles. The first-order chi connectivity index (χ1) is 19.0. The van der Waals surface area contributed by atoms with Crippen LogP contribution in [0.3, 0.4) is 0 Å². The number of ether oxygens (including phenoxy) is 1. The Morgan fingerprint density at radius 2 is 1.69 bits per heavy atom. The number of hydrogen-bond donors (Lipinski definition) is 3. The van der Waals surface area contributed by atoms with Gasteiger partial charge in [-0.25, -0.2) is 0 Å². The van der Waals surface area contributed by atoms with Crippen molar-refractivity contribution in [1.29, 1.82) is 0 Å². The molecule has 0 spiro atoms. The number of primary amides is 1. The lowest BCUT2D eigenvalue weighted by Crippen LogP contribution is -2.39. The fourth-order valence-corrected chi connectivity index (χ4v) is 5.33. The van der Waals surface area contributed by atoms with E-state index >= 15 is 0 Å². The molecule has 39 heavy (non-hydrogen) atoms. The van der Waals surface area contributed by atoms with Crippen LogP contribution in [0.1, 0.15) is 70.9 Å². The Labute approximate surface area is 233 Å². The van der Waals surface area contributed by atoms with Crippen molar-refractivity contribution in [3.8, 4) is 0 Å². The van der Waals surface area contributed by atoms with Crippen molar-refractivity contribution in [2.45, 2.75) is 51.6 Å². The second-order valence-electron chi connectivity index (χ2n) is 10.3. The van der Waals surface area contributed by atoms with Gasteiger partial charge in [0.15, 0.2) is 0 Å². The molecular weight excluding hydrogens is 492 g/mol. The van der Waals surface area contributed by atoms with Crippen molar-refractivity contribution >= 4 is 11.8 Å². The van der Waals surface area contributed by atoms with Crippen molar-refractivity contribution in [1.82, 2.24) is 15.1 Å². The highest BCUT2D eigenvalue weighted by molar-refractivity contribution is 6.02. The summed E-state index contributed by atoms with van der Waals surface area (Å²) in [5.41, 5.74) is 8.14. The number of aliphatic hydroxyl groups is 1. The predicted octanol–water partition coefficient (Wildman–Crippen LogP) is 3.05. The molecular formula is C31H46N4O4. The summed E-state index contributed by atoms with van der Waals surface area (Å²) in [7, 11) is 0. The number of nitrogens with one attached hydrogen (secondary N) is 1. The summed E-state index contributed by atoms with van der Waals surface area (Å²) >= 11 is 0. The van der Waals surface area contributed by atoms with Gasteiger partial charge >= 0.3 is 0 Å². The number of rotatable bonds is 16. The molecule has 2 atom stereocenters. The summed E-state index contributed by atoms with van der Waals surface area (Å²) in [6.07, 6.45) is 2.28. The molecule has 0 unspecified atom stereocenters. The van der Waals surface area contributed by atoms with Crippen LogP contribution in [0.5, 0.6) is 0 Å². The first kappa shape index (κ1) is 30.8. The molecule has 1 fully saturated rings. The van der Waals surface area contributed by atoms with Gasteiger partial charge in [0.05, 0.1) is 19.3 Å². The summed E-state index contributed by atoms with van der Waals surface area (Å²) in [5, 5.41) is 15.0. The topological polar surface area (TPSA) is 108 Å². The van der Waals surface area contributed by atoms with Gasteiger partial charge in [-0.15, -0.1) is 0 Å². The lowest BCUT2D eigenvalue weighted by atomic mass is 9.81. The fraction of sp³-hybridized carbons (Fsp3) is 0.548. The van der Waals surface area contributed by atoms with E-state index in [1.807, 2.05) is 49.1 Å². The van der Waals surface area contributed by atoms with Gasteiger partial charge < -0.3 is 25.8 Å². The van der Waals surface area contributed by atoms with E-state index in [0.717, 1.165) is 64.2 Å². The van der Waals surface area contributed by atoms with Crippen LogP contribution in [-0.2, 0) is 11.2 Å². The van der Waals surface area contributed by atoms with Crippen LogP contribution >= 0.6 is 0 Å². The molecule has 4 N–H and O–H groups in total. The third-order valence-corrected chi connectivity index (χ3v) is 7.30. The van der Waals surface area contributed by atoms with Gasteiger partial charge in [-0.3, -0.25) is 14.5 Å². The van der Waals surface area contributed by atoms with Gasteiger partial charge in [-0.1, -0.05) is 50.2 Å². The molecule has 1 aliphatic heterocycles. The van der Waals surface area contributed by atoms with Crippen molar-refractivity contribution < 1.29 is 19.4 Å². The van der Waals surface area contributed by atoms with E-state index in [9.17, 15) is 14.7 Å². The van der Waals surface area contributed by atoms with E-state index in [1.54, 1.807) is 18.2 Å². The average Bonchev–Trinajstić information content (AvgIpc) is 2.96. The Hall–Kier alpha value is -2.78. The fourth-order valence-electron chi connectivity index (χ4n) is 5.33. The summed E-state index contributed by atoms with van der Waals surface area (Å²) < 4.78 is 5.42. The minimum Gasteiger partial charge on any atom is -0.391 e. The van der Waals surface area contributed by atoms with Crippen LogP contribution < -0.4 is 11.1 Å². The first-order valence-corrected chi connectivity index (χ1v) is 14.4. The largest absolute Gasteiger partial charge is 0.391 e. The third-order valence-electron chi connectivity index (χ3n) is 7.30. The molecule has 2 amide bonds. The molecule has 0 aromatic heterocycles. The second-order valence-corrected chi connectivity index (χ2v) is 10.3. The molecule has 8 heteroatoms. The molecule has 0 bridgehead atoms. The maximum absolute atomic E-state index is 13.8. The summed E-state index contributed by atoms with van der Waals surface area (Å²) in [6, 6.07) is 15.0. The van der Waals surface area contributed by atoms with Crippen LogP contribution in [0, 0.1) is 0 Å². The Balaban J connectivity index is 1.86. The number of morpholine rings is 1. The van der Waals surface area contributed by atoms with Crippen molar-refractivity contribution in [3.63, 3.8) is 0 Å². The predicted molar refractivity (Wildman–Crippen MR) is 155 cm³/mol. The number of benzene rings is 2. The van der Waals surface area contributed by atoms with Gasteiger partial charge in [0.25, 0.3) is 5.91 Å². The smallest absolute Gasteiger partial charge is 0.254 e. The van der Waals surface area contributed by atoms with Crippen LogP contribution in [0.4, 0.5) is 0 Å². The molecule has 0 radical (unpaired) electrons. The van der Waals surface area contributed by atoms with Gasteiger partial charge in [0, 0.05) is 49.8 Å². The Morgan fingerprint density at radius 1 is 1.03 bits per heavy atom.